The van der Waals surface area contributed by atoms with Gasteiger partial charge in [-0.15, -0.1) is 10.2 Å². The van der Waals surface area contributed by atoms with Crippen molar-refractivity contribution in [2.24, 2.45) is 0 Å². The zero-order valence-electron chi connectivity index (χ0n) is 15.8. The fourth-order valence-corrected chi connectivity index (χ4v) is 2.60. The molecule has 10 nitrogen and oxygen atoms in total. The van der Waals surface area contributed by atoms with Crippen LogP contribution >= 0.6 is 0 Å². The maximum atomic E-state index is 9.25. The Labute approximate surface area is 158 Å². The molecule has 27 heavy (non-hydrogen) atoms. The number of nitrogens with two attached hydrogens (primary N) is 1. The van der Waals surface area contributed by atoms with Gasteiger partial charge >= 0.3 is 0 Å². The van der Waals surface area contributed by atoms with Crippen molar-refractivity contribution in [3.05, 3.63) is 18.0 Å². The van der Waals surface area contributed by atoms with Crippen molar-refractivity contribution in [2.45, 2.75) is 38.8 Å². The van der Waals surface area contributed by atoms with Gasteiger partial charge in [-0.3, -0.25) is 4.98 Å². The normalized spacial score (nSPS) is 11.7. The van der Waals surface area contributed by atoms with E-state index in [0.29, 0.717) is 29.4 Å². The highest BCUT2D eigenvalue weighted by Gasteiger charge is 2.17. The Hall–Kier alpha value is -2.88. The standard InChI is InChI=1S/C17H26N6O4/c1-4-5-11(7-9-24)20-15-16(22-23-17(18)21-15)27-10-12-14(26-3)13(25-2)6-8-19-12/h6,8,11,24H,4-5,7,9-10H2,1-3H3,(H3,18,20,21,23)/t11-/m0/s1. The Morgan fingerprint density at radius 3 is 2.70 bits per heavy atom. The van der Waals surface area contributed by atoms with Crippen LogP contribution in [0.5, 0.6) is 17.4 Å². The fraction of sp³-hybridized carbons (Fsp3) is 0.529. The summed E-state index contributed by atoms with van der Waals surface area (Å²) in [6.07, 6.45) is 3.98. The first kappa shape index (κ1) is 20.4. The number of nitrogens with one attached hydrogen (secondary N) is 1. The molecule has 0 saturated carbocycles. The van der Waals surface area contributed by atoms with Crippen molar-refractivity contribution in [3.8, 4) is 17.4 Å². The van der Waals surface area contributed by atoms with E-state index in [0.717, 1.165) is 12.8 Å². The Balaban J connectivity index is 2.19. The molecule has 0 saturated heterocycles. The lowest BCUT2D eigenvalue weighted by Gasteiger charge is -2.19. The molecule has 0 unspecified atom stereocenters. The van der Waals surface area contributed by atoms with Crippen LogP contribution in [0.2, 0.25) is 0 Å². The summed E-state index contributed by atoms with van der Waals surface area (Å²) in [7, 11) is 3.08. The van der Waals surface area contributed by atoms with Crippen molar-refractivity contribution < 1.29 is 19.3 Å². The zero-order chi connectivity index (χ0) is 19.6. The maximum Gasteiger partial charge on any atom is 0.277 e. The van der Waals surface area contributed by atoms with Crippen LogP contribution < -0.4 is 25.3 Å². The molecule has 4 N–H and O–H groups in total. The molecule has 148 valence electrons. The SMILES string of the molecule is CCC[C@@H](CCO)Nc1nc(N)nnc1OCc1nccc(OC)c1OC. The van der Waals surface area contributed by atoms with Crippen LogP contribution in [-0.2, 0) is 6.61 Å². The summed E-state index contributed by atoms with van der Waals surface area (Å²) in [5, 5.41) is 20.2. The minimum absolute atomic E-state index is 0.0166. The number of ether oxygens (including phenoxy) is 3. The van der Waals surface area contributed by atoms with Crippen molar-refractivity contribution in [2.75, 3.05) is 31.9 Å². The van der Waals surface area contributed by atoms with Gasteiger partial charge < -0.3 is 30.4 Å². The number of hydrogen-bond acceptors (Lipinski definition) is 10. The van der Waals surface area contributed by atoms with Gasteiger partial charge in [0, 0.05) is 24.9 Å². The molecule has 0 aliphatic rings. The summed E-state index contributed by atoms with van der Waals surface area (Å²) in [6.45, 7) is 2.21. The largest absolute Gasteiger partial charge is 0.493 e. The highest BCUT2D eigenvalue weighted by molar-refractivity contribution is 5.48. The van der Waals surface area contributed by atoms with Crippen LogP contribution in [0.25, 0.3) is 0 Å². The van der Waals surface area contributed by atoms with E-state index in [1.807, 2.05) is 0 Å². The first-order valence-corrected chi connectivity index (χ1v) is 8.69. The lowest BCUT2D eigenvalue weighted by molar-refractivity contribution is 0.269. The predicted molar refractivity (Wildman–Crippen MR) is 99.9 cm³/mol. The molecular weight excluding hydrogens is 352 g/mol. The molecule has 0 fully saturated rings. The van der Waals surface area contributed by atoms with Gasteiger partial charge in [0.05, 0.1) is 14.2 Å². The number of hydrogen-bond donors (Lipinski definition) is 3. The topological polar surface area (TPSA) is 138 Å². The molecule has 0 aliphatic carbocycles. The number of nitrogens with zero attached hydrogens (tertiary/aromatic N) is 4. The summed E-state index contributed by atoms with van der Waals surface area (Å²) in [5.41, 5.74) is 6.21. The number of aliphatic hydroxyl groups excluding tert-OH is 1. The average molecular weight is 378 g/mol. The molecule has 2 aromatic heterocycles. The average Bonchev–Trinajstić information content (AvgIpc) is 2.67. The van der Waals surface area contributed by atoms with Crippen LogP contribution in [-0.4, -0.2) is 52.1 Å². The molecule has 0 aromatic carbocycles. The second-order valence-electron chi connectivity index (χ2n) is 5.75. The molecule has 0 spiro atoms. The Bertz CT molecular complexity index is 725. The summed E-state index contributed by atoms with van der Waals surface area (Å²) in [4.78, 5) is 8.44. The maximum absolute atomic E-state index is 9.25. The van der Waals surface area contributed by atoms with E-state index in [2.05, 4.69) is 32.4 Å². The monoisotopic (exact) mass is 378 g/mol. The van der Waals surface area contributed by atoms with Crippen LogP contribution in [0.15, 0.2) is 12.3 Å². The zero-order valence-corrected chi connectivity index (χ0v) is 15.8. The van der Waals surface area contributed by atoms with Gasteiger partial charge in [-0.25, -0.2) is 0 Å². The molecule has 2 rings (SSSR count). The number of methoxy groups -OCH3 is 2. The van der Waals surface area contributed by atoms with Gasteiger partial charge in [-0.05, 0) is 12.8 Å². The van der Waals surface area contributed by atoms with Crippen molar-refractivity contribution in [1.29, 1.82) is 0 Å². The van der Waals surface area contributed by atoms with Crippen molar-refractivity contribution in [1.82, 2.24) is 20.2 Å². The first-order valence-electron chi connectivity index (χ1n) is 8.69. The number of nitrogen functional groups attached to an aromatic ring is 1. The van der Waals surface area contributed by atoms with Gasteiger partial charge in [0.2, 0.25) is 5.95 Å². The molecule has 2 aromatic rings. The summed E-state index contributed by atoms with van der Waals surface area (Å²) < 4.78 is 16.4. The molecule has 0 bridgehead atoms. The van der Waals surface area contributed by atoms with Gasteiger partial charge in [-0.2, -0.15) is 4.98 Å². The number of aliphatic hydroxyl groups is 1. The molecule has 2 heterocycles. The second-order valence-corrected chi connectivity index (χ2v) is 5.75. The number of pyridine rings is 1. The summed E-state index contributed by atoms with van der Waals surface area (Å²) in [6, 6.07) is 1.72. The lowest BCUT2D eigenvalue weighted by atomic mass is 10.1. The van der Waals surface area contributed by atoms with Gasteiger partial charge in [0.25, 0.3) is 5.88 Å². The summed E-state index contributed by atoms with van der Waals surface area (Å²) in [5.74, 6) is 1.62. The second kappa shape index (κ2) is 10.3. The molecule has 10 heteroatoms. The molecule has 0 aliphatic heterocycles. The number of anilines is 2. The summed E-state index contributed by atoms with van der Waals surface area (Å²) >= 11 is 0. The Kier molecular flexibility index (Phi) is 7.80. The smallest absolute Gasteiger partial charge is 0.277 e. The minimum Gasteiger partial charge on any atom is -0.493 e. The Morgan fingerprint density at radius 2 is 2.04 bits per heavy atom. The minimum atomic E-state index is 0.0166. The molecule has 1 atom stereocenters. The van der Waals surface area contributed by atoms with Crippen LogP contribution in [0.4, 0.5) is 11.8 Å². The van der Waals surface area contributed by atoms with E-state index in [1.165, 1.54) is 7.11 Å². The quantitative estimate of drug-likeness (QED) is 0.526. The lowest BCUT2D eigenvalue weighted by Crippen LogP contribution is -2.23. The van der Waals surface area contributed by atoms with E-state index < -0.39 is 0 Å². The predicted octanol–water partition coefficient (Wildman–Crippen LogP) is 1.41. The van der Waals surface area contributed by atoms with Crippen molar-refractivity contribution in [3.63, 3.8) is 0 Å². The third-order valence-electron chi connectivity index (χ3n) is 3.84. The van der Waals surface area contributed by atoms with Crippen LogP contribution in [0.3, 0.4) is 0 Å². The number of rotatable bonds is 11. The number of aromatic nitrogens is 4. The van der Waals surface area contributed by atoms with E-state index in [4.69, 9.17) is 19.9 Å². The molecular formula is C17H26N6O4. The van der Waals surface area contributed by atoms with Crippen molar-refractivity contribution >= 4 is 11.8 Å². The van der Waals surface area contributed by atoms with E-state index in [9.17, 15) is 5.11 Å². The van der Waals surface area contributed by atoms with Gasteiger partial charge in [0.1, 0.15) is 12.3 Å². The highest BCUT2D eigenvalue weighted by atomic mass is 16.5. The van der Waals surface area contributed by atoms with E-state index >= 15 is 0 Å². The third kappa shape index (κ3) is 5.55. The van der Waals surface area contributed by atoms with Gasteiger partial charge in [-0.1, -0.05) is 13.3 Å². The highest BCUT2D eigenvalue weighted by Crippen LogP contribution is 2.30. The van der Waals surface area contributed by atoms with E-state index in [-0.39, 0.29) is 31.1 Å². The van der Waals surface area contributed by atoms with E-state index in [1.54, 1.807) is 19.4 Å². The van der Waals surface area contributed by atoms with Gasteiger partial charge in [0.15, 0.2) is 17.3 Å². The molecule has 0 radical (unpaired) electrons. The fourth-order valence-electron chi connectivity index (χ4n) is 2.60. The first-order chi connectivity index (χ1) is 13.1. The van der Waals surface area contributed by atoms with Crippen LogP contribution in [0.1, 0.15) is 31.9 Å². The molecule has 0 amide bonds. The van der Waals surface area contributed by atoms with Crippen LogP contribution in [0, 0.1) is 0 Å². The Morgan fingerprint density at radius 1 is 1.22 bits per heavy atom. The third-order valence-corrected chi connectivity index (χ3v) is 3.84.